The lowest BCUT2D eigenvalue weighted by molar-refractivity contribution is 0.312. The van der Waals surface area contributed by atoms with Gasteiger partial charge >= 0.3 is 0 Å². The molecule has 0 saturated carbocycles. The Morgan fingerprint density at radius 1 is 1.38 bits per heavy atom. The number of anilines is 1. The second-order valence-corrected chi connectivity index (χ2v) is 5.68. The van der Waals surface area contributed by atoms with Crippen molar-refractivity contribution in [3.8, 4) is 0 Å². The first kappa shape index (κ1) is 14.1. The molecule has 1 saturated heterocycles. The van der Waals surface area contributed by atoms with Crippen LogP contribution in [0.15, 0.2) is 30.6 Å². The molecule has 3 rings (SSSR count). The molecule has 0 aromatic carbocycles. The second-order valence-electron chi connectivity index (χ2n) is 5.68. The van der Waals surface area contributed by atoms with Crippen molar-refractivity contribution >= 4 is 5.82 Å². The monoisotopic (exact) mass is 285 g/mol. The Bertz CT molecular complexity index is 592. The van der Waals surface area contributed by atoms with E-state index < -0.39 is 0 Å². The molecular weight excluding hydrogens is 262 g/mol. The lowest BCUT2D eigenvalue weighted by Gasteiger charge is -2.19. The molecule has 0 bridgehead atoms. The van der Waals surface area contributed by atoms with Crippen molar-refractivity contribution in [2.75, 3.05) is 25.5 Å². The maximum Gasteiger partial charge on any atom is 0.126 e. The van der Waals surface area contributed by atoms with Crippen LogP contribution in [0.25, 0.3) is 0 Å². The van der Waals surface area contributed by atoms with E-state index in [1.165, 1.54) is 25.1 Å². The molecule has 1 aliphatic heterocycles. The Labute approximate surface area is 126 Å². The minimum atomic E-state index is 0.475. The zero-order chi connectivity index (χ0) is 14.7. The normalized spacial score (nSPS) is 19.0. The number of hydrogen-bond donors (Lipinski definition) is 1. The highest BCUT2D eigenvalue weighted by molar-refractivity contribution is 5.36. The number of nitrogens with zero attached hydrogens (tertiary/aromatic N) is 4. The van der Waals surface area contributed by atoms with Gasteiger partial charge in [0, 0.05) is 25.5 Å². The molecule has 21 heavy (non-hydrogen) atoms. The number of aryl methyl sites for hydroxylation is 1. The summed E-state index contributed by atoms with van der Waals surface area (Å²) in [5.74, 6) is 2.01. The fourth-order valence-corrected chi connectivity index (χ4v) is 2.96. The first-order valence-corrected chi connectivity index (χ1v) is 7.63. The largest absolute Gasteiger partial charge is 0.368 e. The zero-order valence-electron chi connectivity index (χ0n) is 12.8. The molecule has 0 aliphatic carbocycles. The summed E-state index contributed by atoms with van der Waals surface area (Å²) in [6.45, 7) is 4.95. The van der Waals surface area contributed by atoms with E-state index in [2.05, 4.69) is 38.9 Å². The predicted molar refractivity (Wildman–Crippen MR) is 84.3 cm³/mol. The molecule has 112 valence electrons. The Morgan fingerprint density at radius 2 is 2.29 bits per heavy atom. The van der Waals surface area contributed by atoms with Crippen LogP contribution >= 0.6 is 0 Å². The summed E-state index contributed by atoms with van der Waals surface area (Å²) in [6.07, 6.45) is 6.32. The molecule has 3 heterocycles. The molecule has 5 heteroatoms. The van der Waals surface area contributed by atoms with Crippen LogP contribution in [0.1, 0.15) is 30.4 Å². The molecule has 1 N–H and O–H groups in total. The highest BCUT2D eigenvalue weighted by atomic mass is 15.2. The van der Waals surface area contributed by atoms with Crippen molar-refractivity contribution in [3.63, 3.8) is 0 Å². The topological polar surface area (TPSA) is 46.0 Å². The van der Waals surface area contributed by atoms with Crippen LogP contribution < -0.4 is 5.32 Å². The van der Waals surface area contributed by atoms with Crippen LogP contribution in [-0.2, 0) is 6.54 Å². The third kappa shape index (κ3) is 3.24. The van der Waals surface area contributed by atoms with Gasteiger partial charge in [-0.15, -0.1) is 0 Å². The van der Waals surface area contributed by atoms with E-state index in [0.717, 1.165) is 24.7 Å². The van der Waals surface area contributed by atoms with Gasteiger partial charge in [-0.3, -0.25) is 4.90 Å². The third-order valence-electron chi connectivity index (χ3n) is 4.21. The molecule has 0 spiro atoms. The van der Waals surface area contributed by atoms with Crippen LogP contribution in [0.5, 0.6) is 0 Å². The lowest BCUT2D eigenvalue weighted by atomic mass is 10.1. The summed E-state index contributed by atoms with van der Waals surface area (Å²) in [5, 5.41) is 3.41. The predicted octanol–water partition coefficient (Wildman–Crippen LogP) is 2.47. The van der Waals surface area contributed by atoms with Crippen molar-refractivity contribution < 1.29 is 0 Å². The van der Waals surface area contributed by atoms with Gasteiger partial charge in [0.05, 0.1) is 11.7 Å². The molecule has 1 fully saturated rings. The van der Waals surface area contributed by atoms with E-state index >= 15 is 0 Å². The van der Waals surface area contributed by atoms with Crippen molar-refractivity contribution in [2.45, 2.75) is 32.4 Å². The molecule has 0 radical (unpaired) electrons. The van der Waals surface area contributed by atoms with Crippen molar-refractivity contribution in [2.24, 2.45) is 0 Å². The Kier molecular flexibility index (Phi) is 4.20. The second kappa shape index (κ2) is 6.26. The van der Waals surface area contributed by atoms with Crippen LogP contribution in [0.2, 0.25) is 0 Å². The Morgan fingerprint density at radius 3 is 3.00 bits per heavy atom. The molecule has 2 aromatic rings. The number of nitrogens with one attached hydrogen (secondary N) is 1. The maximum atomic E-state index is 4.77. The van der Waals surface area contributed by atoms with Crippen LogP contribution in [-0.4, -0.2) is 39.6 Å². The summed E-state index contributed by atoms with van der Waals surface area (Å²) >= 11 is 0. The number of likely N-dealkylation sites (tertiary alicyclic amines) is 1. The minimum Gasteiger partial charge on any atom is -0.368 e. The van der Waals surface area contributed by atoms with E-state index in [-0.39, 0.29) is 0 Å². The number of pyridine rings is 1. The van der Waals surface area contributed by atoms with Gasteiger partial charge in [-0.1, -0.05) is 6.07 Å². The van der Waals surface area contributed by atoms with Crippen molar-refractivity contribution in [1.82, 2.24) is 19.4 Å². The van der Waals surface area contributed by atoms with Gasteiger partial charge in [-0.25, -0.2) is 9.97 Å². The summed E-state index contributed by atoms with van der Waals surface area (Å²) in [7, 11) is 2.18. The average Bonchev–Trinajstić information content (AvgIpc) is 3.08. The standard InChI is InChI=1S/C16H23N5/c1-13-17-8-11-21(13)12-9-18-16-7-3-5-14(19-16)15-6-4-10-20(15)2/h3,5,7-8,11,15H,4,6,9-10,12H2,1-2H3,(H,18,19)/t15-/m1/s1. The van der Waals surface area contributed by atoms with E-state index in [9.17, 15) is 0 Å². The maximum absolute atomic E-state index is 4.77. The van der Waals surface area contributed by atoms with Crippen LogP contribution in [0, 0.1) is 6.92 Å². The van der Waals surface area contributed by atoms with Crippen molar-refractivity contribution in [3.05, 3.63) is 42.1 Å². The highest BCUT2D eigenvalue weighted by Gasteiger charge is 2.23. The van der Waals surface area contributed by atoms with Gasteiger partial charge < -0.3 is 9.88 Å². The van der Waals surface area contributed by atoms with Gasteiger partial charge in [0.2, 0.25) is 0 Å². The first-order valence-electron chi connectivity index (χ1n) is 7.63. The van der Waals surface area contributed by atoms with Crippen molar-refractivity contribution in [1.29, 1.82) is 0 Å². The highest BCUT2D eigenvalue weighted by Crippen LogP contribution is 2.29. The van der Waals surface area contributed by atoms with E-state index in [1.54, 1.807) is 0 Å². The third-order valence-corrected chi connectivity index (χ3v) is 4.21. The van der Waals surface area contributed by atoms with Gasteiger partial charge in [0.1, 0.15) is 11.6 Å². The molecule has 5 nitrogen and oxygen atoms in total. The fraction of sp³-hybridized carbons (Fsp3) is 0.500. The first-order chi connectivity index (χ1) is 10.2. The summed E-state index contributed by atoms with van der Waals surface area (Å²) in [4.78, 5) is 11.4. The summed E-state index contributed by atoms with van der Waals surface area (Å²) in [6, 6.07) is 6.75. The van der Waals surface area contributed by atoms with E-state index in [0.29, 0.717) is 6.04 Å². The van der Waals surface area contributed by atoms with E-state index in [1.807, 2.05) is 25.4 Å². The summed E-state index contributed by atoms with van der Waals surface area (Å²) in [5.41, 5.74) is 1.18. The number of aromatic nitrogens is 3. The fourth-order valence-electron chi connectivity index (χ4n) is 2.96. The van der Waals surface area contributed by atoms with Crippen LogP contribution in [0.4, 0.5) is 5.82 Å². The SMILES string of the molecule is Cc1nccn1CCNc1cccc([C@H]2CCCN2C)n1. The average molecular weight is 285 g/mol. The quantitative estimate of drug-likeness (QED) is 0.916. The molecule has 1 aliphatic rings. The van der Waals surface area contributed by atoms with Crippen LogP contribution in [0.3, 0.4) is 0 Å². The molecule has 1 atom stereocenters. The summed E-state index contributed by atoms with van der Waals surface area (Å²) < 4.78 is 2.14. The van der Waals surface area contributed by atoms with E-state index in [4.69, 9.17) is 4.98 Å². The molecule has 0 amide bonds. The smallest absolute Gasteiger partial charge is 0.126 e. The molecular formula is C16H23N5. The Balaban J connectivity index is 1.60. The van der Waals surface area contributed by atoms with Gasteiger partial charge in [0.15, 0.2) is 0 Å². The lowest BCUT2D eigenvalue weighted by Crippen LogP contribution is -2.19. The molecule has 2 aromatic heterocycles. The number of hydrogen-bond acceptors (Lipinski definition) is 4. The zero-order valence-corrected chi connectivity index (χ0v) is 12.8. The number of imidazole rings is 1. The van der Waals surface area contributed by atoms with Gasteiger partial charge in [-0.2, -0.15) is 0 Å². The molecule has 0 unspecified atom stereocenters. The van der Waals surface area contributed by atoms with Gasteiger partial charge in [0.25, 0.3) is 0 Å². The minimum absolute atomic E-state index is 0.475. The Hall–Kier alpha value is -1.88. The number of rotatable bonds is 5. The van der Waals surface area contributed by atoms with Gasteiger partial charge in [-0.05, 0) is 45.5 Å².